The Morgan fingerprint density at radius 1 is 0.667 bits per heavy atom. The fourth-order valence-corrected chi connectivity index (χ4v) is 3.26. The molecule has 0 radical (unpaired) electrons. The number of aliphatic imine (C=N–C) groups is 1. The molecule has 0 aromatic heterocycles. The van der Waals surface area contributed by atoms with Crippen LogP contribution in [0, 0.1) is 0 Å². The summed E-state index contributed by atoms with van der Waals surface area (Å²) in [4.78, 5) is 9.06. The van der Waals surface area contributed by atoms with Gasteiger partial charge in [-0.05, 0) is 54.8 Å². The zero-order chi connectivity index (χ0) is 23.7. The van der Waals surface area contributed by atoms with Gasteiger partial charge in [-0.2, -0.15) is 0 Å². The van der Waals surface area contributed by atoms with E-state index in [2.05, 4.69) is 77.2 Å². The van der Waals surface area contributed by atoms with Gasteiger partial charge in [-0.3, -0.25) is 4.99 Å². The second-order valence-electron chi connectivity index (χ2n) is 8.08. The molecule has 0 saturated carbocycles. The number of rotatable bonds is 17. The molecule has 0 amide bonds. The van der Waals surface area contributed by atoms with Gasteiger partial charge in [0.2, 0.25) is 0 Å². The predicted octanol–water partition coefficient (Wildman–Crippen LogP) is 5.18. The Bertz CT molecular complexity index is 776. The van der Waals surface area contributed by atoms with E-state index >= 15 is 0 Å². The third kappa shape index (κ3) is 10.8. The Labute approximate surface area is 200 Å². The first-order valence-electron chi connectivity index (χ1n) is 12.0. The van der Waals surface area contributed by atoms with Crippen LogP contribution in [0.1, 0.15) is 32.3 Å². The number of hydrogen-bond donors (Lipinski definition) is 0. The Morgan fingerprint density at radius 3 is 1.82 bits per heavy atom. The normalized spacial score (nSPS) is 11.3. The molecule has 0 saturated heterocycles. The van der Waals surface area contributed by atoms with Crippen LogP contribution in [0.15, 0.2) is 53.5 Å². The Balaban J connectivity index is 1.75. The van der Waals surface area contributed by atoms with Crippen LogP contribution < -0.4 is 9.80 Å². The van der Waals surface area contributed by atoms with Gasteiger partial charge in [0.05, 0.1) is 38.7 Å². The topological polar surface area (TPSA) is 46.5 Å². The molecule has 2 rings (SSSR count). The van der Waals surface area contributed by atoms with E-state index in [1.165, 1.54) is 11.4 Å². The zero-order valence-electron chi connectivity index (χ0n) is 20.8. The second kappa shape index (κ2) is 16.2. The molecule has 0 aliphatic rings. The maximum Gasteiger partial charge on any atom is 0.0701 e. The average molecular weight is 456 g/mol. The van der Waals surface area contributed by atoms with Crippen molar-refractivity contribution in [3.05, 3.63) is 54.1 Å². The lowest BCUT2D eigenvalue weighted by atomic mass is 10.2. The average Bonchev–Trinajstić information content (AvgIpc) is 2.84. The minimum Gasteiger partial charge on any atom is -0.379 e. The molecule has 6 heteroatoms. The highest BCUT2D eigenvalue weighted by Gasteiger charge is 2.05. The monoisotopic (exact) mass is 455 g/mol. The van der Waals surface area contributed by atoms with Gasteiger partial charge >= 0.3 is 0 Å². The van der Waals surface area contributed by atoms with Gasteiger partial charge in [-0.1, -0.05) is 26.0 Å². The summed E-state index contributed by atoms with van der Waals surface area (Å²) in [6.45, 7) is 10.1. The van der Waals surface area contributed by atoms with Crippen molar-refractivity contribution in [2.75, 3.05) is 76.6 Å². The molecule has 0 bridgehead atoms. The predicted molar refractivity (Wildman–Crippen MR) is 140 cm³/mol. The number of anilines is 2. The highest BCUT2D eigenvalue weighted by atomic mass is 16.5. The first-order valence-corrected chi connectivity index (χ1v) is 12.0. The minimum absolute atomic E-state index is 0.605. The Morgan fingerprint density at radius 2 is 1.24 bits per heavy atom. The molecule has 2 aromatic carbocycles. The molecule has 6 nitrogen and oxygen atoms in total. The van der Waals surface area contributed by atoms with Crippen LogP contribution in [0.25, 0.3) is 0 Å². The molecule has 33 heavy (non-hydrogen) atoms. The molecule has 0 N–H and O–H groups in total. The molecule has 0 atom stereocenters. The minimum atomic E-state index is 0.605. The van der Waals surface area contributed by atoms with Crippen molar-refractivity contribution >= 4 is 23.3 Å². The first-order chi connectivity index (χ1) is 16.1. The SMILES string of the molecule is CCCOCCOCCOCCN(CCC)c1ccc(/N=C/c2ccc(N(C)C)cc2)cc1. The van der Waals surface area contributed by atoms with Crippen molar-refractivity contribution in [2.45, 2.75) is 26.7 Å². The smallest absolute Gasteiger partial charge is 0.0701 e. The highest BCUT2D eigenvalue weighted by molar-refractivity contribution is 5.82. The van der Waals surface area contributed by atoms with Crippen molar-refractivity contribution in [3.8, 4) is 0 Å². The zero-order valence-corrected chi connectivity index (χ0v) is 20.8. The Kier molecular flexibility index (Phi) is 13.2. The lowest BCUT2D eigenvalue weighted by molar-refractivity contribution is 0.0159. The van der Waals surface area contributed by atoms with Gasteiger partial charge in [-0.25, -0.2) is 0 Å². The third-order valence-electron chi connectivity index (χ3n) is 5.08. The van der Waals surface area contributed by atoms with E-state index in [1.807, 2.05) is 20.3 Å². The quantitative estimate of drug-likeness (QED) is 0.243. The van der Waals surface area contributed by atoms with E-state index in [0.29, 0.717) is 33.0 Å². The van der Waals surface area contributed by atoms with Gasteiger partial charge in [0.25, 0.3) is 0 Å². The number of ether oxygens (including phenoxy) is 3. The van der Waals surface area contributed by atoms with Gasteiger partial charge in [0, 0.05) is 51.4 Å². The van der Waals surface area contributed by atoms with E-state index in [0.717, 1.165) is 43.8 Å². The summed E-state index contributed by atoms with van der Waals surface area (Å²) in [6, 6.07) is 16.8. The number of benzene rings is 2. The molecule has 0 aliphatic carbocycles. The largest absolute Gasteiger partial charge is 0.379 e. The van der Waals surface area contributed by atoms with Crippen LogP contribution in [0.4, 0.5) is 17.1 Å². The summed E-state index contributed by atoms with van der Waals surface area (Å²) in [6.07, 6.45) is 4.03. The maximum atomic E-state index is 5.76. The summed E-state index contributed by atoms with van der Waals surface area (Å²) in [5.41, 5.74) is 4.41. The summed E-state index contributed by atoms with van der Waals surface area (Å²) in [5.74, 6) is 0. The van der Waals surface area contributed by atoms with Crippen molar-refractivity contribution in [3.63, 3.8) is 0 Å². The number of hydrogen-bond acceptors (Lipinski definition) is 6. The lowest BCUT2D eigenvalue weighted by Gasteiger charge is -2.24. The van der Waals surface area contributed by atoms with Gasteiger partial charge in [0.1, 0.15) is 0 Å². The molecular weight excluding hydrogens is 414 g/mol. The van der Waals surface area contributed by atoms with E-state index in [1.54, 1.807) is 0 Å². The fraction of sp³-hybridized carbons (Fsp3) is 0.519. The van der Waals surface area contributed by atoms with Gasteiger partial charge < -0.3 is 24.0 Å². The fourth-order valence-electron chi connectivity index (χ4n) is 3.26. The van der Waals surface area contributed by atoms with Crippen molar-refractivity contribution in [1.29, 1.82) is 0 Å². The maximum absolute atomic E-state index is 5.76. The summed E-state index contributed by atoms with van der Waals surface area (Å²) in [7, 11) is 4.08. The van der Waals surface area contributed by atoms with E-state index in [4.69, 9.17) is 14.2 Å². The van der Waals surface area contributed by atoms with Crippen LogP contribution in [-0.2, 0) is 14.2 Å². The standard InChI is InChI=1S/C27H41N3O3/c1-5-15-30(16-18-32-20-22-33-21-19-31-17-6-2)27-13-9-25(10-14-27)28-23-24-7-11-26(12-8-24)29(3)4/h7-14,23H,5-6,15-22H2,1-4H3/b28-23+. The molecule has 0 unspecified atom stereocenters. The van der Waals surface area contributed by atoms with E-state index in [9.17, 15) is 0 Å². The van der Waals surface area contributed by atoms with Crippen LogP contribution >= 0.6 is 0 Å². The second-order valence-corrected chi connectivity index (χ2v) is 8.08. The lowest BCUT2D eigenvalue weighted by Crippen LogP contribution is -2.28. The summed E-state index contributed by atoms with van der Waals surface area (Å²) >= 11 is 0. The van der Waals surface area contributed by atoms with Crippen LogP contribution in [-0.4, -0.2) is 73.0 Å². The highest BCUT2D eigenvalue weighted by Crippen LogP contribution is 2.20. The molecule has 0 heterocycles. The van der Waals surface area contributed by atoms with Crippen LogP contribution in [0.2, 0.25) is 0 Å². The molecule has 2 aromatic rings. The van der Waals surface area contributed by atoms with E-state index < -0.39 is 0 Å². The Hall–Kier alpha value is -2.41. The molecule has 0 fully saturated rings. The number of nitrogens with zero attached hydrogens (tertiary/aromatic N) is 3. The van der Waals surface area contributed by atoms with Crippen LogP contribution in [0.3, 0.4) is 0 Å². The molecular formula is C27H41N3O3. The van der Waals surface area contributed by atoms with Gasteiger partial charge in [0.15, 0.2) is 0 Å². The first kappa shape index (κ1) is 26.8. The summed E-state index contributed by atoms with van der Waals surface area (Å²) in [5, 5.41) is 0. The van der Waals surface area contributed by atoms with E-state index in [-0.39, 0.29) is 0 Å². The van der Waals surface area contributed by atoms with Crippen molar-refractivity contribution in [2.24, 2.45) is 4.99 Å². The van der Waals surface area contributed by atoms with Gasteiger partial charge in [-0.15, -0.1) is 0 Å². The molecule has 0 aliphatic heterocycles. The molecule has 0 spiro atoms. The van der Waals surface area contributed by atoms with Crippen molar-refractivity contribution < 1.29 is 14.2 Å². The van der Waals surface area contributed by atoms with Crippen molar-refractivity contribution in [1.82, 2.24) is 0 Å². The third-order valence-corrected chi connectivity index (χ3v) is 5.08. The van der Waals surface area contributed by atoms with Crippen LogP contribution in [0.5, 0.6) is 0 Å². The molecule has 182 valence electrons. The summed E-state index contributed by atoms with van der Waals surface area (Å²) < 4.78 is 16.7.